The van der Waals surface area contributed by atoms with Gasteiger partial charge in [-0.05, 0) is 51.0 Å². The molecule has 0 saturated carbocycles. The second kappa shape index (κ2) is 8.54. The molecule has 1 aromatic heterocycles. The van der Waals surface area contributed by atoms with Crippen LogP contribution in [0.15, 0.2) is 29.6 Å². The highest BCUT2D eigenvalue weighted by Crippen LogP contribution is 2.31. The molecular formula is C20H28N2O3S. The van der Waals surface area contributed by atoms with Crippen LogP contribution < -0.4 is 10.1 Å². The van der Waals surface area contributed by atoms with E-state index >= 15 is 0 Å². The Bertz CT molecular complexity index is 719. The van der Waals surface area contributed by atoms with Crippen molar-refractivity contribution in [2.45, 2.75) is 52.7 Å². The lowest BCUT2D eigenvalue weighted by Crippen LogP contribution is -2.37. The summed E-state index contributed by atoms with van der Waals surface area (Å²) < 4.78 is 10.6. The van der Waals surface area contributed by atoms with Gasteiger partial charge in [0.15, 0.2) is 0 Å². The van der Waals surface area contributed by atoms with Gasteiger partial charge >= 0.3 is 6.09 Å². The Morgan fingerprint density at radius 1 is 1.27 bits per heavy atom. The number of nitrogens with one attached hydrogen (secondary N) is 1. The molecule has 2 aromatic rings. The van der Waals surface area contributed by atoms with Crippen molar-refractivity contribution in [2.24, 2.45) is 5.92 Å². The Balaban J connectivity index is 2.20. The normalized spacial score (nSPS) is 13.8. The van der Waals surface area contributed by atoms with E-state index in [0.717, 1.165) is 28.4 Å². The molecule has 2 unspecified atom stereocenters. The van der Waals surface area contributed by atoms with Gasteiger partial charge in [0.05, 0.1) is 18.8 Å². The van der Waals surface area contributed by atoms with E-state index in [-0.39, 0.29) is 12.0 Å². The molecular weight excluding hydrogens is 348 g/mol. The number of rotatable bonds is 6. The van der Waals surface area contributed by atoms with Crippen LogP contribution in [0.3, 0.4) is 0 Å². The van der Waals surface area contributed by atoms with Gasteiger partial charge in [0.1, 0.15) is 16.4 Å². The number of carbonyl (C=O) groups is 1. The van der Waals surface area contributed by atoms with Crippen molar-refractivity contribution in [2.75, 3.05) is 7.11 Å². The largest absolute Gasteiger partial charge is 0.497 e. The highest BCUT2D eigenvalue weighted by atomic mass is 32.1. The maximum atomic E-state index is 12.2. The standard InChI is InChI=1S/C20H28N2O3S/c1-7-13(2)17(22-19(23)25-20(3,4)5)18-21-16(12-26-18)14-8-10-15(24-6)11-9-14/h8-13,17H,7H2,1-6H3,(H,22,23). The molecule has 1 amide bonds. The molecule has 0 fully saturated rings. The summed E-state index contributed by atoms with van der Waals surface area (Å²) in [4.78, 5) is 17.0. The molecule has 0 aliphatic carbocycles. The number of nitrogens with zero attached hydrogens (tertiary/aromatic N) is 1. The van der Waals surface area contributed by atoms with Crippen molar-refractivity contribution in [3.8, 4) is 17.0 Å². The van der Waals surface area contributed by atoms with Crippen molar-refractivity contribution < 1.29 is 14.3 Å². The highest BCUT2D eigenvalue weighted by Gasteiger charge is 2.26. The second-order valence-electron chi connectivity index (χ2n) is 7.31. The topological polar surface area (TPSA) is 60.5 Å². The summed E-state index contributed by atoms with van der Waals surface area (Å²) in [5, 5.41) is 5.89. The zero-order valence-electron chi connectivity index (χ0n) is 16.3. The third-order valence-electron chi connectivity index (χ3n) is 4.06. The van der Waals surface area contributed by atoms with E-state index in [9.17, 15) is 4.79 Å². The Morgan fingerprint density at radius 2 is 1.92 bits per heavy atom. The van der Waals surface area contributed by atoms with Gasteiger partial charge in [-0.1, -0.05) is 20.3 Å². The number of ether oxygens (including phenoxy) is 2. The summed E-state index contributed by atoms with van der Waals surface area (Å²) in [6.45, 7) is 9.78. The van der Waals surface area contributed by atoms with Gasteiger partial charge in [0.25, 0.3) is 0 Å². The minimum absolute atomic E-state index is 0.174. The molecule has 1 N–H and O–H groups in total. The van der Waals surface area contributed by atoms with Crippen molar-refractivity contribution in [3.05, 3.63) is 34.7 Å². The predicted molar refractivity (Wildman–Crippen MR) is 106 cm³/mol. The molecule has 0 spiro atoms. The maximum absolute atomic E-state index is 12.2. The monoisotopic (exact) mass is 376 g/mol. The Labute approximate surface area is 159 Å². The molecule has 1 aromatic carbocycles. The first-order valence-electron chi connectivity index (χ1n) is 8.83. The van der Waals surface area contributed by atoms with E-state index in [4.69, 9.17) is 14.5 Å². The van der Waals surface area contributed by atoms with Gasteiger partial charge < -0.3 is 14.8 Å². The predicted octanol–water partition coefficient (Wildman–Crippen LogP) is 5.43. The lowest BCUT2D eigenvalue weighted by molar-refractivity contribution is 0.0486. The first kappa shape index (κ1) is 20.2. The third kappa shape index (κ3) is 5.46. The summed E-state index contributed by atoms with van der Waals surface area (Å²) in [5.41, 5.74) is 1.39. The van der Waals surface area contributed by atoms with E-state index in [1.807, 2.05) is 50.4 Å². The van der Waals surface area contributed by atoms with Crippen LogP contribution >= 0.6 is 11.3 Å². The van der Waals surface area contributed by atoms with Gasteiger partial charge in [0.2, 0.25) is 0 Å². The summed E-state index contributed by atoms with van der Waals surface area (Å²) in [6.07, 6.45) is 0.516. The van der Waals surface area contributed by atoms with Crippen LogP contribution in [-0.4, -0.2) is 23.8 Å². The van der Waals surface area contributed by atoms with Gasteiger partial charge in [-0.25, -0.2) is 9.78 Å². The minimum atomic E-state index is -0.527. The molecule has 5 nitrogen and oxygen atoms in total. The number of alkyl carbamates (subject to hydrolysis) is 1. The highest BCUT2D eigenvalue weighted by molar-refractivity contribution is 7.10. The molecule has 0 saturated heterocycles. The number of hydrogen-bond donors (Lipinski definition) is 1. The second-order valence-corrected chi connectivity index (χ2v) is 8.20. The number of amides is 1. The van der Waals surface area contributed by atoms with Crippen LogP contribution in [0.5, 0.6) is 5.75 Å². The fourth-order valence-corrected chi connectivity index (χ4v) is 3.45. The first-order valence-corrected chi connectivity index (χ1v) is 9.70. The van der Waals surface area contributed by atoms with E-state index in [1.54, 1.807) is 18.4 Å². The van der Waals surface area contributed by atoms with Crippen LogP contribution in [-0.2, 0) is 4.74 Å². The van der Waals surface area contributed by atoms with Crippen molar-refractivity contribution in [1.82, 2.24) is 10.3 Å². The molecule has 0 aliphatic rings. The number of benzene rings is 1. The molecule has 142 valence electrons. The molecule has 26 heavy (non-hydrogen) atoms. The summed E-state index contributed by atoms with van der Waals surface area (Å²) in [5.74, 6) is 1.06. The summed E-state index contributed by atoms with van der Waals surface area (Å²) in [7, 11) is 1.65. The molecule has 6 heteroatoms. The third-order valence-corrected chi connectivity index (χ3v) is 4.99. The molecule has 1 heterocycles. The van der Waals surface area contributed by atoms with Crippen LogP contribution in [0.1, 0.15) is 52.1 Å². The molecule has 0 bridgehead atoms. The fourth-order valence-electron chi connectivity index (χ4n) is 2.44. The Morgan fingerprint density at radius 3 is 2.46 bits per heavy atom. The minimum Gasteiger partial charge on any atom is -0.497 e. The Kier molecular flexibility index (Phi) is 6.64. The van der Waals surface area contributed by atoms with E-state index in [2.05, 4.69) is 19.2 Å². The van der Waals surface area contributed by atoms with Crippen LogP contribution in [0.25, 0.3) is 11.3 Å². The smallest absolute Gasteiger partial charge is 0.408 e. The van der Waals surface area contributed by atoms with Gasteiger partial charge in [-0.2, -0.15) is 0 Å². The first-order chi connectivity index (χ1) is 12.2. The average molecular weight is 377 g/mol. The molecule has 2 atom stereocenters. The molecule has 2 rings (SSSR count). The number of aromatic nitrogens is 1. The average Bonchev–Trinajstić information content (AvgIpc) is 3.07. The lowest BCUT2D eigenvalue weighted by atomic mass is 10.00. The number of hydrogen-bond acceptors (Lipinski definition) is 5. The Hall–Kier alpha value is -2.08. The van der Waals surface area contributed by atoms with Crippen LogP contribution in [0.2, 0.25) is 0 Å². The van der Waals surface area contributed by atoms with Gasteiger partial charge in [-0.15, -0.1) is 11.3 Å². The number of thiazole rings is 1. The maximum Gasteiger partial charge on any atom is 0.408 e. The van der Waals surface area contributed by atoms with Gasteiger partial charge in [0, 0.05) is 10.9 Å². The quantitative estimate of drug-likeness (QED) is 0.730. The fraction of sp³-hybridized carbons (Fsp3) is 0.500. The van der Waals surface area contributed by atoms with Gasteiger partial charge in [-0.3, -0.25) is 0 Å². The number of carbonyl (C=O) groups excluding carboxylic acids is 1. The van der Waals surface area contributed by atoms with Crippen molar-refractivity contribution >= 4 is 17.4 Å². The summed E-state index contributed by atoms with van der Waals surface area (Å²) >= 11 is 1.55. The lowest BCUT2D eigenvalue weighted by Gasteiger charge is -2.25. The zero-order chi connectivity index (χ0) is 19.3. The van der Waals surface area contributed by atoms with Crippen LogP contribution in [0, 0.1) is 5.92 Å². The molecule has 0 radical (unpaired) electrons. The summed E-state index contributed by atoms with van der Waals surface area (Å²) in [6, 6.07) is 7.62. The van der Waals surface area contributed by atoms with Crippen LogP contribution in [0.4, 0.5) is 4.79 Å². The molecule has 0 aliphatic heterocycles. The van der Waals surface area contributed by atoms with Crippen molar-refractivity contribution in [1.29, 1.82) is 0 Å². The zero-order valence-corrected chi connectivity index (χ0v) is 17.1. The van der Waals surface area contributed by atoms with Crippen molar-refractivity contribution in [3.63, 3.8) is 0 Å². The van der Waals surface area contributed by atoms with E-state index in [1.165, 1.54) is 0 Å². The van der Waals surface area contributed by atoms with E-state index < -0.39 is 11.7 Å². The SMILES string of the molecule is CCC(C)C(NC(=O)OC(C)(C)C)c1nc(-c2ccc(OC)cc2)cs1. The number of methoxy groups -OCH3 is 1. The van der Waals surface area contributed by atoms with E-state index in [0.29, 0.717) is 0 Å².